The van der Waals surface area contributed by atoms with E-state index in [1.54, 1.807) is 0 Å². The van der Waals surface area contributed by atoms with Gasteiger partial charge in [-0.2, -0.15) is 0 Å². The predicted molar refractivity (Wildman–Crippen MR) is 125 cm³/mol. The Hall–Kier alpha value is -3.58. The third-order valence-electron chi connectivity index (χ3n) is 5.00. The van der Waals surface area contributed by atoms with Crippen LogP contribution in [0.1, 0.15) is 22.3 Å². The monoisotopic (exact) mass is 375 g/mol. The van der Waals surface area contributed by atoms with Crippen LogP contribution in [-0.4, -0.2) is 0 Å². The zero-order chi connectivity index (χ0) is 20.1. The number of hydrogen-bond donors (Lipinski definition) is 0. The fraction of sp³-hybridized carbons (Fsp3) is 0.0714. The first-order valence-electron chi connectivity index (χ1n) is 9.96. The van der Waals surface area contributed by atoms with Crippen LogP contribution in [0.15, 0.2) is 109 Å². The first-order chi connectivity index (χ1) is 14.2. The minimum absolute atomic E-state index is 1.14. The van der Waals surface area contributed by atoms with Crippen molar-refractivity contribution >= 4 is 23.1 Å². The summed E-state index contributed by atoms with van der Waals surface area (Å²) in [7, 11) is 0. The van der Waals surface area contributed by atoms with Crippen LogP contribution in [0.2, 0.25) is 0 Å². The summed E-state index contributed by atoms with van der Waals surface area (Å²) in [5.74, 6) is 0. The highest BCUT2D eigenvalue weighted by atomic mass is 15.1. The second-order valence-corrected chi connectivity index (χ2v) is 7.31. The zero-order valence-corrected chi connectivity index (χ0v) is 16.9. The van der Waals surface area contributed by atoms with Gasteiger partial charge in [-0.25, -0.2) is 0 Å². The van der Waals surface area contributed by atoms with Crippen molar-refractivity contribution in [2.24, 2.45) is 0 Å². The van der Waals surface area contributed by atoms with E-state index < -0.39 is 0 Å². The first kappa shape index (κ1) is 18.8. The van der Waals surface area contributed by atoms with Gasteiger partial charge < -0.3 is 4.90 Å². The molecule has 0 spiro atoms. The van der Waals surface area contributed by atoms with Crippen molar-refractivity contribution in [3.05, 3.63) is 131 Å². The summed E-state index contributed by atoms with van der Waals surface area (Å²) in [6.45, 7) is 4.25. The van der Waals surface area contributed by atoms with Crippen LogP contribution in [-0.2, 0) is 0 Å². The van der Waals surface area contributed by atoms with Gasteiger partial charge in [0.15, 0.2) is 0 Å². The van der Waals surface area contributed by atoms with E-state index in [2.05, 4.69) is 134 Å². The lowest BCUT2D eigenvalue weighted by atomic mass is 10.0. The van der Waals surface area contributed by atoms with E-state index in [0.29, 0.717) is 0 Å². The Morgan fingerprint density at radius 1 is 0.552 bits per heavy atom. The molecule has 0 saturated heterocycles. The van der Waals surface area contributed by atoms with Gasteiger partial charge in [0.05, 0.1) is 5.70 Å². The number of benzene rings is 4. The minimum atomic E-state index is 1.14. The van der Waals surface area contributed by atoms with Crippen LogP contribution in [0.5, 0.6) is 0 Å². The molecule has 0 radical (unpaired) electrons. The summed E-state index contributed by atoms with van der Waals surface area (Å²) in [5, 5.41) is 0. The maximum Gasteiger partial charge on any atom is 0.0539 e. The van der Waals surface area contributed by atoms with E-state index in [1.807, 2.05) is 0 Å². The summed E-state index contributed by atoms with van der Waals surface area (Å²) >= 11 is 0. The van der Waals surface area contributed by atoms with E-state index in [4.69, 9.17) is 0 Å². The molecule has 4 rings (SSSR count). The lowest BCUT2D eigenvalue weighted by Crippen LogP contribution is -2.15. The van der Waals surface area contributed by atoms with Crippen LogP contribution in [0, 0.1) is 13.8 Å². The molecule has 4 aromatic carbocycles. The van der Waals surface area contributed by atoms with Crippen LogP contribution in [0.4, 0.5) is 11.4 Å². The van der Waals surface area contributed by atoms with Gasteiger partial charge in [-0.15, -0.1) is 0 Å². The van der Waals surface area contributed by atoms with Gasteiger partial charge in [-0.05, 0) is 55.3 Å². The maximum atomic E-state index is 2.33. The Morgan fingerprint density at radius 2 is 1.00 bits per heavy atom. The Kier molecular flexibility index (Phi) is 5.58. The van der Waals surface area contributed by atoms with Gasteiger partial charge in [0.1, 0.15) is 0 Å². The number of rotatable bonds is 5. The Labute approximate surface area is 173 Å². The zero-order valence-electron chi connectivity index (χ0n) is 16.9. The molecule has 0 N–H and O–H groups in total. The third kappa shape index (κ3) is 4.47. The third-order valence-corrected chi connectivity index (χ3v) is 5.00. The molecule has 0 aliphatic rings. The molecule has 0 bridgehead atoms. The van der Waals surface area contributed by atoms with E-state index in [-0.39, 0.29) is 0 Å². The molecule has 0 fully saturated rings. The second-order valence-electron chi connectivity index (χ2n) is 7.31. The summed E-state index contributed by atoms with van der Waals surface area (Å²) in [4.78, 5) is 2.33. The van der Waals surface area contributed by atoms with E-state index in [9.17, 15) is 0 Å². The summed E-state index contributed by atoms with van der Waals surface area (Å²) in [6.07, 6.45) is 2.26. The average molecular weight is 376 g/mol. The maximum absolute atomic E-state index is 2.33. The van der Waals surface area contributed by atoms with Crippen LogP contribution in [0.3, 0.4) is 0 Å². The normalized spacial score (nSPS) is 11.3. The van der Waals surface area contributed by atoms with Crippen molar-refractivity contribution in [1.82, 2.24) is 0 Å². The van der Waals surface area contributed by atoms with E-state index in [1.165, 1.54) is 22.3 Å². The van der Waals surface area contributed by atoms with Crippen molar-refractivity contribution in [2.45, 2.75) is 13.8 Å². The summed E-state index contributed by atoms with van der Waals surface area (Å²) < 4.78 is 0. The number of aryl methyl sites for hydroxylation is 2. The molecule has 0 aliphatic carbocycles. The lowest BCUT2D eigenvalue weighted by Gasteiger charge is -2.29. The van der Waals surface area contributed by atoms with Crippen molar-refractivity contribution in [3.63, 3.8) is 0 Å². The molecule has 0 aromatic heterocycles. The molecule has 0 aliphatic heterocycles. The van der Waals surface area contributed by atoms with Crippen molar-refractivity contribution in [3.8, 4) is 0 Å². The number of nitrogens with zero attached hydrogens (tertiary/aromatic N) is 1. The molecular weight excluding hydrogens is 350 g/mol. The lowest BCUT2D eigenvalue weighted by molar-refractivity contribution is 1.28. The highest BCUT2D eigenvalue weighted by Gasteiger charge is 2.16. The van der Waals surface area contributed by atoms with Crippen LogP contribution < -0.4 is 4.90 Å². The predicted octanol–water partition coefficient (Wildman–Crippen LogP) is 7.64. The standard InChI is InChI=1S/C28H25N/c1-22-13-17-26(18-14-22)29(27-19-15-23(2)16-20-27)28(25-11-7-4-8-12-25)21-24-9-5-3-6-10-24/h3-21H,1-2H3. The fourth-order valence-corrected chi connectivity index (χ4v) is 3.41. The quantitative estimate of drug-likeness (QED) is 0.324. The largest absolute Gasteiger partial charge is 0.310 e. The molecule has 0 saturated carbocycles. The smallest absolute Gasteiger partial charge is 0.0539 e. The van der Waals surface area contributed by atoms with Gasteiger partial charge in [0, 0.05) is 11.4 Å². The van der Waals surface area contributed by atoms with Crippen molar-refractivity contribution < 1.29 is 0 Å². The summed E-state index contributed by atoms with van der Waals surface area (Å²) in [5.41, 5.74) is 8.30. The number of hydrogen-bond acceptors (Lipinski definition) is 1. The highest BCUT2D eigenvalue weighted by molar-refractivity contribution is 5.95. The average Bonchev–Trinajstić information content (AvgIpc) is 2.77. The topological polar surface area (TPSA) is 3.24 Å². The van der Waals surface area contributed by atoms with Gasteiger partial charge >= 0.3 is 0 Å². The SMILES string of the molecule is Cc1ccc(N(C(=Cc2ccccc2)c2ccccc2)c2ccc(C)cc2)cc1. The van der Waals surface area contributed by atoms with Crippen molar-refractivity contribution in [1.29, 1.82) is 0 Å². The molecule has 0 amide bonds. The minimum Gasteiger partial charge on any atom is -0.310 e. The Morgan fingerprint density at radius 3 is 1.48 bits per heavy atom. The van der Waals surface area contributed by atoms with Gasteiger partial charge in [-0.3, -0.25) is 0 Å². The Balaban J connectivity index is 1.93. The van der Waals surface area contributed by atoms with Crippen molar-refractivity contribution in [2.75, 3.05) is 4.90 Å². The molecule has 1 nitrogen and oxygen atoms in total. The van der Waals surface area contributed by atoms with E-state index in [0.717, 1.165) is 17.1 Å². The second kappa shape index (κ2) is 8.62. The molecule has 0 heterocycles. The highest BCUT2D eigenvalue weighted by Crippen LogP contribution is 2.36. The molecule has 0 atom stereocenters. The number of anilines is 2. The van der Waals surface area contributed by atoms with Crippen LogP contribution in [0.25, 0.3) is 11.8 Å². The summed E-state index contributed by atoms with van der Waals surface area (Å²) in [6, 6.07) is 38.5. The van der Waals surface area contributed by atoms with Gasteiger partial charge in [0.2, 0.25) is 0 Å². The first-order valence-corrected chi connectivity index (χ1v) is 9.96. The van der Waals surface area contributed by atoms with E-state index >= 15 is 0 Å². The molecule has 29 heavy (non-hydrogen) atoms. The molecule has 0 unspecified atom stereocenters. The Bertz CT molecular complexity index is 1030. The molecule has 1 heteroatoms. The molecular formula is C28H25N. The molecule has 142 valence electrons. The van der Waals surface area contributed by atoms with Gasteiger partial charge in [-0.1, -0.05) is 96.1 Å². The van der Waals surface area contributed by atoms with Crippen LogP contribution >= 0.6 is 0 Å². The van der Waals surface area contributed by atoms with Gasteiger partial charge in [0.25, 0.3) is 0 Å². The molecule has 4 aromatic rings. The fourth-order valence-electron chi connectivity index (χ4n) is 3.41.